The van der Waals surface area contributed by atoms with Crippen molar-refractivity contribution >= 4 is 11.3 Å². The summed E-state index contributed by atoms with van der Waals surface area (Å²) in [5.41, 5.74) is 1.01. The average molecular weight is 178 g/mol. The van der Waals surface area contributed by atoms with Gasteiger partial charge in [-0.25, -0.2) is 0 Å². The highest BCUT2D eigenvalue weighted by Crippen LogP contribution is 2.47. The molecule has 1 aliphatic carbocycles. The van der Waals surface area contributed by atoms with Gasteiger partial charge in [0, 0.05) is 10.3 Å². The van der Waals surface area contributed by atoms with Gasteiger partial charge in [-0.1, -0.05) is 0 Å². The molecule has 1 aromatic heterocycles. The molecule has 0 atom stereocenters. The molecule has 0 bridgehead atoms. The van der Waals surface area contributed by atoms with Gasteiger partial charge >= 0.3 is 0 Å². The van der Waals surface area contributed by atoms with E-state index in [0.717, 1.165) is 5.56 Å². The Morgan fingerprint density at radius 3 is 2.83 bits per heavy atom. The third-order valence-corrected chi connectivity index (χ3v) is 3.56. The smallest absolute Gasteiger partial charge is 0.100 e. The Kier molecular flexibility index (Phi) is 1.67. The highest BCUT2D eigenvalue weighted by Gasteiger charge is 2.43. The van der Waals surface area contributed by atoms with Gasteiger partial charge in [0.25, 0.3) is 0 Å². The van der Waals surface area contributed by atoms with E-state index in [0.29, 0.717) is 0 Å². The molecule has 62 valence electrons. The van der Waals surface area contributed by atoms with E-state index in [9.17, 15) is 0 Å². The maximum atomic E-state index is 8.65. The summed E-state index contributed by atoms with van der Waals surface area (Å²) >= 11 is 1.68. The minimum absolute atomic E-state index is 0.222. The van der Waals surface area contributed by atoms with E-state index in [1.807, 2.05) is 18.5 Å². The molecule has 12 heavy (non-hydrogen) atoms. The Balaban J connectivity index is 2.30. The molecule has 0 spiro atoms. The lowest BCUT2D eigenvalue weighted by Gasteiger charge is -2.10. The highest BCUT2D eigenvalue weighted by molar-refractivity contribution is 7.10. The molecular weight excluding hydrogens is 168 g/mol. The second-order valence-corrected chi connectivity index (χ2v) is 4.05. The van der Waals surface area contributed by atoms with E-state index in [2.05, 4.69) is 11.4 Å². The molecule has 0 amide bonds. The summed E-state index contributed by atoms with van der Waals surface area (Å²) in [5.74, 6) is 0. The van der Waals surface area contributed by atoms with Crippen LogP contribution in [0.3, 0.4) is 0 Å². The van der Waals surface area contributed by atoms with Crippen molar-refractivity contribution in [2.24, 2.45) is 0 Å². The second-order valence-electron chi connectivity index (χ2n) is 3.14. The van der Waals surface area contributed by atoms with Crippen molar-refractivity contribution in [1.29, 1.82) is 5.26 Å². The largest absolute Gasteiger partial charge is 0.310 e. The highest BCUT2D eigenvalue weighted by atomic mass is 32.1. The molecule has 1 saturated carbocycles. The molecule has 2 nitrogen and oxygen atoms in total. The molecule has 1 N–H and O–H groups in total. The summed E-state index contributed by atoms with van der Waals surface area (Å²) in [4.78, 5) is 1.31. The fourth-order valence-corrected chi connectivity index (χ4v) is 2.49. The van der Waals surface area contributed by atoms with Crippen LogP contribution in [-0.4, -0.2) is 7.05 Å². The summed E-state index contributed by atoms with van der Waals surface area (Å²) in [7, 11) is 1.98. The van der Waals surface area contributed by atoms with Crippen molar-refractivity contribution in [2.45, 2.75) is 18.4 Å². The summed E-state index contributed by atoms with van der Waals surface area (Å²) in [6, 6.07) is 4.15. The minimum Gasteiger partial charge on any atom is -0.310 e. The molecule has 0 unspecified atom stereocenters. The van der Waals surface area contributed by atoms with Gasteiger partial charge in [0.15, 0.2) is 0 Å². The third kappa shape index (κ3) is 1.04. The first-order valence-electron chi connectivity index (χ1n) is 3.99. The zero-order valence-corrected chi connectivity index (χ0v) is 7.74. The monoisotopic (exact) mass is 178 g/mol. The number of nitrogens with zero attached hydrogens (tertiary/aromatic N) is 1. The lowest BCUT2D eigenvalue weighted by atomic mass is 10.2. The number of nitrogens with one attached hydrogen (secondary N) is 1. The van der Waals surface area contributed by atoms with E-state index in [1.165, 1.54) is 17.7 Å². The lowest BCUT2D eigenvalue weighted by molar-refractivity contribution is 0.597. The first-order valence-corrected chi connectivity index (χ1v) is 4.87. The topological polar surface area (TPSA) is 35.8 Å². The second kappa shape index (κ2) is 2.58. The fraction of sp³-hybridized carbons (Fsp3) is 0.444. The van der Waals surface area contributed by atoms with E-state index >= 15 is 0 Å². The van der Waals surface area contributed by atoms with Crippen LogP contribution in [0.1, 0.15) is 23.3 Å². The molecular formula is C9H10N2S. The molecule has 1 aromatic rings. The van der Waals surface area contributed by atoms with Gasteiger partial charge in [-0.2, -0.15) is 5.26 Å². The van der Waals surface area contributed by atoms with Gasteiger partial charge in [-0.15, -0.1) is 11.3 Å². The van der Waals surface area contributed by atoms with Crippen LogP contribution in [0.25, 0.3) is 0 Å². The van der Waals surface area contributed by atoms with Crippen LogP contribution in [0.4, 0.5) is 0 Å². The lowest BCUT2D eigenvalue weighted by Crippen LogP contribution is -2.22. The van der Waals surface area contributed by atoms with E-state index in [1.54, 1.807) is 11.3 Å². The van der Waals surface area contributed by atoms with Crippen molar-refractivity contribution in [2.75, 3.05) is 7.05 Å². The number of thiophene rings is 1. The van der Waals surface area contributed by atoms with Crippen LogP contribution in [-0.2, 0) is 5.54 Å². The van der Waals surface area contributed by atoms with Crippen LogP contribution in [0, 0.1) is 11.3 Å². The van der Waals surface area contributed by atoms with Crippen molar-refractivity contribution in [3.8, 4) is 6.07 Å². The summed E-state index contributed by atoms with van der Waals surface area (Å²) < 4.78 is 0. The number of nitriles is 1. The van der Waals surface area contributed by atoms with Gasteiger partial charge in [0.1, 0.15) is 6.07 Å². The zero-order chi connectivity index (χ0) is 8.60. The molecule has 0 aromatic carbocycles. The van der Waals surface area contributed by atoms with E-state index in [-0.39, 0.29) is 5.54 Å². The van der Waals surface area contributed by atoms with Gasteiger partial charge in [-0.3, -0.25) is 0 Å². The Hall–Kier alpha value is -0.850. The summed E-state index contributed by atoms with van der Waals surface area (Å²) in [5, 5.41) is 13.9. The van der Waals surface area contributed by atoms with Crippen molar-refractivity contribution in [1.82, 2.24) is 5.32 Å². The zero-order valence-electron chi connectivity index (χ0n) is 6.92. The van der Waals surface area contributed by atoms with Crippen molar-refractivity contribution in [3.63, 3.8) is 0 Å². The molecule has 2 rings (SSSR count). The molecule has 0 saturated heterocycles. The van der Waals surface area contributed by atoms with Crippen LogP contribution < -0.4 is 5.32 Å². The fourth-order valence-electron chi connectivity index (χ4n) is 1.39. The third-order valence-electron chi connectivity index (χ3n) is 2.43. The Morgan fingerprint density at radius 2 is 2.42 bits per heavy atom. The minimum atomic E-state index is 0.222. The van der Waals surface area contributed by atoms with Crippen LogP contribution in [0.15, 0.2) is 11.4 Å². The first-order chi connectivity index (χ1) is 5.80. The average Bonchev–Trinajstić information content (AvgIpc) is 2.77. The van der Waals surface area contributed by atoms with Crippen LogP contribution >= 0.6 is 11.3 Å². The summed E-state index contributed by atoms with van der Waals surface area (Å²) in [6.45, 7) is 0. The van der Waals surface area contributed by atoms with Crippen LogP contribution in [0.2, 0.25) is 0 Å². The van der Waals surface area contributed by atoms with Crippen LogP contribution in [0.5, 0.6) is 0 Å². The molecule has 1 aliphatic rings. The van der Waals surface area contributed by atoms with Gasteiger partial charge < -0.3 is 5.32 Å². The maximum Gasteiger partial charge on any atom is 0.100 e. The standard InChI is InChI=1S/C9H10N2S/c1-11-9(2-3-9)8-4-7(5-10)6-12-8/h4,6,11H,2-3H2,1H3. The predicted octanol–water partition coefficient (Wildman–Crippen LogP) is 1.83. The molecule has 3 heteroatoms. The molecule has 1 fully saturated rings. The Labute approximate surface area is 75.8 Å². The first kappa shape index (κ1) is 7.78. The van der Waals surface area contributed by atoms with E-state index in [4.69, 9.17) is 5.26 Å². The van der Waals surface area contributed by atoms with Gasteiger partial charge in [0.05, 0.1) is 11.1 Å². The predicted molar refractivity (Wildman–Crippen MR) is 49.0 cm³/mol. The van der Waals surface area contributed by atoms with Gasteiger partial charge in [0.2, 0.25) is 0 Å². The van der Waals surface area contributed by atoms with Gasteiger partial charge in [-0.05, 0) is 26.0 Å². The number of rotatable bonds is 2. The Bertz CT molecular complexity index is 331. The van der Waals surface area contributed by atoms with Crippen molar-refractivity contribution < 1.29 is 0 Å². The molecule has 0 aliphatic heterocycles. The Morgan fingerprint density at radius 1 is 1.67 bits per heavy atom. The molecule has 0 radical (unpaired) electrons. The summed E-state index contributed by atoms with van der Waals surface area (Å²) in [6.07, 6.45) is 2.41. The molecule has 1 heterocycles. The normalized spacial score (nSPS) is 18.7. The van der Waals surface area contributed by atoms with E-state index < -0.39 is 0 Å². The number of hydrogen-bond acceptors (Lipinski definition) is 3. The van der Waals surface area contributed by atoms with Crippen molar-refractivity contribution in [3.05, 3.63) is 21.9 Å². The number of hydrogen-bond donors (Lipinski definition) is 1. The maximum absolute atomic E-state index is 8.65. The quantitative estimate of drug-likeness (QED) is 0.750. The SMILES string of the molecule is CNC1(c2cc(C#N)cs2)CC1.